The van der Waals surface area contributed by atoms with E-state index >= 15 is 0 Å². The number of hydrogen-bond donors (Lipinski definition) is 1. The summed E-state index contributed by atoms with van der Waals surface area (Å²) in [5, 5.41) is 3.16. The number of aromatic amines is 1. The zero-order chi connectivity index (χ0) is 15.8. The number of piperidine rings is 1. The Bertz CT molecular complexity index is 787. The van der Waals surface area contributed by atoms with Crippen molar-refractivity contribution >= 4 is 11.6 Å². The first-order valence-electron chi connectivity index (χ1n) is 8.60. The molecule has 2 aromatic heterocycles. The summed E-state index contributed by atoms with van der Waals surface area (Å²) in [6.07, 6.45) is 6.77. The maximum atomic E-state index is 12.2. The molecule has 1 amide bonds. The molecular weight excluding hydrogens is 292 g/mol. The summed E-state index contributed by atoms with van der Waals surface area (Å²) in [7, 11) is 0. The summed E-state index contributed by atoms with van der Waals surface area (Å²) in [4.78, 5) is 30.5. The molecule has 1 saturated heterocycles. The summed E-state index contributed by atoms with van der Waals surface area (Å²) < 4.78 is 1.53. The summed E-state index contributed by atoms with van der Waals surface area (Å²) in [5.41, 5.74) is 2.60. The maximum Gasteiger partial charge on any atom is 0.272 e. The highest BCUT2D eigenvalue weighted by Crippen LogP contribution is 2.39. The Balaban J connectivity index is 1.44. The van der Waals surface area contributed by atoms with Crippen LogP contribution in [-0.2, 0) is 11.2 Å². The van der Waals surface area contributed by atoms with Crippen molar-refractivity contribution in [2.45, 2.75) is 50.9 Å². The van der Waals surface area contributed by atoms with Gasteiger partial charge in [-0.05, 0) is 38.5 Å². The van der Waals surface area contributed by atoms with Gasteiger partial charge in [-0.2, -0.15) is 0 Å². The molecule has 0 spiro atoms. The number of amides is 1. The number of aryl methyl sites for hydroxylation is 1. The number of carbonyl (C=O) groups excluding carboxylic acids is 1. The number of rotatable bonds is 5. The monoisotopic (exact) mass is 314 g/mol. The zero-order valence-corrected chi connectivity index (χ0v) is 13.3. The molecule has 4 rings (SSSR count). The Hall–Kier alpha value is -2.11. The largest absolute Gasteiger partial charge is 0.343 e. The van der Waals surface area contributed by atoms with E-state index in [1.54, 1.807) is 6.07 Å². The number of aromatic nitrogens is 3. The SMILES string of the molecule is O=C1CCCCN1CCCc1cc(=O)n2[nH]c(C3CC3)cc2n1. The highest BCUT2D eigenvalue weighted by Gasteiger charge is 2.26. The molecule has 122 valence electrons. The lowest BCUT2D eigenvalue weighted by molar-refractivity contribution is -0.133. The fraction of sp³-hybridized carbons (Fsp3) is 0.588. The number of nitrogens with zero attached hydrogens (tertiary/aromatic N) is 3. The van der Waals surface area contributed by atoms with Crippen LogP contribution in [0.1, 0.15) is 55.8 Å². The second-order valence-electron chi connectivity index (χ2n) is 6.71. The van der Waals surface area contributed by atoms with E-state index < -0.39 is 0 Å². The van der Waals surface area contributed by atoms with Crippen LogP contribution in [0, 0.1) is 0 Å². The summed E-state index contributed by atoms with van der Waals surface area (Å²) >= 11 is 0. The molecule has 2 aliphatic rings. The van der Waals surface area contributed by atoms with Crippen molar-refractivity contribution in [3.8, 4) is 0 Å². The Morgan fingerprint density at radius 1 is 1.22 bits per heavy atom. The van der Waals surface area contributed by atoms with Crippen molar-refractivity contribution in [1.29, 1.82) is 0 Å². The third-order valence-electron chi connectivity index (χ3n) is 4.82. The van der Waals surface area contributed by atoms with Gasteiger partial charge in [0.05, 0.1) is 0 Å². The van der Waals surface area contributed by atoms with E-state index in [0.29, 0.717) is 18.0 Å². The molecule has 6 heteroatoms. The minimum Gasteiger partial charge on any atom is -0.343 e. The third-order valence-corrected chi connectivity index (χ3v) is 4.82. The molecule has 6 nitrogen and oxygen atoms in total. The number of nitrogens with one attached hydrogen (secondary N) is 1. The smallest absolute Gasteiger partial charge is 0.272 e. The van der Waals surface area contributed by atoms with Crippen LogP contribution in [0.25, 0.3) is 5.65 Å². The van der Waals surface area contributed by atoms with Crippen LogP contribution in [0.5, 0.6) is 0 Å². The van der Waals surface area contributed by atoms with E-state index in [1.165, 1.54) is 17.4 Å². The van der Waals surface area contributed by atoms with Gasteiger partial charge in [0, 0.05) is 48.9 Å². The summed E-state index contributed by atoms with van der Waals surface area (Å²) in [5.74, 6) is 0.837. The first kappa shape index (κ1) is 14.5. The van der Waals surface area contributed by atoms with Crippen LogP contribution in [0.15, 0.2) is 16.9 Å². The molecule has 1 aliphatic carbocycles. The molecule has 3 heterocycles. The second-order valence-corrected chi connectivity index (χ2v) is 6.71. The summed E-state index contributed by atoms with van der Waals surface area (Å²) in [6, 6.07) is 3.61. The maximum absolute atomic E-state index is 12.2. The molecule has 0 atom stereocenters. The highest BCUT2D eigenvalue weighted by atomic mass is 16.2. The predicted octanol–water partition coefficient (Wildman–Crippen LogP) is 1.85. The minimum absolute atomic E-state index is 0.0500. The van der Waals surface area contributed by atoms with Crippen LogP contribution < -0.4 is 5.56 Å². The van der Waals surface area contributed by atoms with Gasteiger partial charge < -0.3 is 4.90 Å². The number of likely N-dealkylation sites (tertiary alicyclic amines) is 1. The van der Waals surface area contributed by atoms with Gasteiger partial charge in [0.15, 0.2) is 5.65 Å². The molecule has 2 aromatic rings. The molecule has 1 aliphatic heterocycles. The molecule has 1 N–H and O–H groups in total. The predicted molar refractivity (Wildman–Crippen MR) is 86.5 cm³/mol. The van der Waals surface area contributed by atoms with Gasteiger partial charge in [0.1, 0.15) is 0 Å². The minimum atomic E-state index is -0.0500. The average Bonchev–Trinajstić information content (AvgIpc) is 3.29. The van der Waals surface area contributed by atoms with Gasteiger partial charge >= 0.3 is 0 Å². The third kappa shape index (κ3) is 3.02. The molecule has 1 saturated carbocycles. The van der Waals surface area contributed by atoms with Gasteiger partial charge in [-0.15, -0.1) is 0 Å². The fourth-order valence-electron chi connectivity index (χ4n) is 3.34. The fourth-order valence-corrected chi connectivity index (χ4v) is 3.34. The number of carbonyl (C=O) groups is 1. The lowest BCUT2D eigenvalue weighted by Crippen LogP contribution is -2.36. The Morgan fingerprint density at radius 3 is 2.87 bits per heavy atom. The van der Waals surface area contributed by atoms with Crippen molar-refractivity contribution in [2.75, 3.05) is 13.1 Å². The lowest BCUT2D eigenvalue weighted by atomic mass is 10.1. The van der Waals surface area contributed by atoms with E-state index in [4.69, 9.17) is 0 Å². The van der Waals surface area contributed by atoms with Gasteiger partial charge in [0.25, 0.3) is 5.56 Å². The molecule has 0 radical (unpaired) electrons. The van der Waals surface area contributed by atoms with Crippen molar-refractivity contribution in [2.24, 2.45) is 0 Å². The van der Waals surface area contributed by atoms with Crippen molar-refractivity contribution < 1.29 is 4.79 Å². The van der Waals surface area contributed by atoms with E-state index in [1.807, 2.05) is 11.0 Å². The number of fused-ring (bicyclic) bond motifs is 1. The molecule has 2 fully saturated rings. The molecule has 0 bridgehead atoms. The standard InChI is InChI=1S/C17H22N4O2/c22-16-5-1-2-8-20(16)9-3-4-13-10-17(23)21-15(18-13)11-14(19-21)12-6-7-12/h10-12,19H,1-9H2. The van der Waals surface area contributed by atoms with Gasteiger partial charge in [-0.1, -0.05) is 0 Å². The Morgan fingerprint density at radius 2 is 2.09 bits per heavy atom. The number of hydrogen-bond acceptors (Lipinski definition) is 3. The van der Waals surface area contributed by atoms with Crippen LogP contribution in [0.2, 0.25) is 0 Å². The lowest BCUT2D eigenvalue weighted by Gasteiger charge is -2.26. The van der Waals surface area contributed by atoms with E-state index in [9.17, 15) is 9.59 Å². The van der Waals surface area contributed by atoms with Crippen molar-refractivity contribution in [3.05, 3.63) is 33.9 Å². The van der Waals surface area contributed by atoms with Crippen LogP contribution in [0.3, 0.4) is 0 Å². The van der Waals surface area contributed by atoms with Crippen LogP contribution in [-0.4, -0.2) is 38.5 Å². The van der Waals surface area contributed by atoms with Crippen molar-refractivity contribution in [1.82, 2.24) is 19.5 Å². The molecule has 0 unspecified atom stereocenters. The molecule has 0 aromatic carbocycles. The van der Waals surface area contributed by atoms with Gasteiger partial charge in [0.2, 0.25) is 5.91 Å². The van der Waals surface area contributed by atoms with E-state index in [2.05, 4.69) is 10.1 Å². The normalized spacial score (nSPS) is 18.8. The zero-order valence-electron chi connectivity index (χ0n) is 13.3. The quantitative estimate of drug-likeness (QED) is 0.915. The van der Waals surface area contributed by atoms with E-state index in [-0.39, 0.29) is 11.5 Å². The topological polar surface area (TPSA) is 70.5 Å². The number of H-pyrrole nitrogens is 1. The van der Waals surface area contributed by atoms with Crippen LogP contribution >= 0.6 is 0 Å². The Kier molecular flexibility index (Phi) is 3.67. The Labute approximate surface area is 134 Å². The van der Waals surface area contributed by atoms with Crippen molar-refractivity contribution in [3.63, 3.8) is 0 Å². The molecular formula is C17H22N4O2. The van der Waals surface area contributed by atoms with E-state index in [0.717, 1.165) is 50.2 Å². The first-order valence-corrected chi connectivity index (χ1v) is 8.60. The highest BCUT2D eigenvalue weighted by molar-refractivity contribution is 5.76. The first-order chi connectivity index (χ1) is 11.2. The van der Waals surface area contributed by atoms with Crippen LogP contribution in [0.4, 0.5) is 0 Å². The average molecular weight is 314 g/mol. The second kappa shape index (κ2) is 5.83. The van der Waals surface area contributed by atoms with Gasteiger partial charge in [-0.25, -0.2) is 9.50 Å². The van der Waals surface area contributed by atoms with Gasteiger partial charge in [-0.3, -0.25) is 14.7 Å². The summed E-state index contributed by atoms with van der Waals surface area (Å²) in [6.45, 7) is 1.64. The molecule has 23 heavy (non-hydrogen) atoms.